The molecule has 3 aromatic rings. The first-order valence-electron chi connectivity index (χ1n) is 9.86. The van der Waals surface area contributed by atoms with E-state index in [-0.39, 0.29) is 11.8 Å². The minimum Gasteiger partial charge on any atom is -0.352 e. The standard InChI is InChI=1S/C21H24FN7O/c1-14-15(2)26-29(16(14)3)20-8-7-19(24-25-20)27-9-11-28(12-10-27)21(30)23-18-6-4-5-17(22)13-18/h4-8,13H,9-12H2,1-3H3,(H,23,30). The predicted octanol–water partition coefficient (Wildman–Crippen LogP) is 3.08. The van der Waals surface area contributed by atoms with Crippen LogP contribution >= 0.6 is 0 Å². The van der Waals surface area contributed by atoms with Crippen molar-refractivity contribution in [3.63, 3.8) is 0 Å². The molecule has 9 heteroatoms. The minimum atomic E-state index is -0.379. The lowest BCUT2D eigenvalue weighted by atomic mass is 10.2. The molecule has 0 aliphatic carbocycles. The fourth-order valence-corrected chi connectivity index (χ4v) is 3.45. The molecular weight excluding hydrogens is 385 g/mol. The Morgan fingerprint density at radius 1 is 1.00 bits per heavy atom. The van der Waals surface area contributed by atoms with Crippen LogP contribution in [0.25, 0.3) is 5.82 Å². The maximum absolute atomic E-state index is 13.3. The SMILES string of the molecule is Cc1nn(-c2ccc(N3CCN(C(=O)Nc4cccc(F)c4)CC3)nn2)c(C)c1C. The summed E-state index contributed by atoms with van der Waals surface area (Å²) >= 11 is 0. The van der Waals surface area contributed by atoms with Gasteiger partial charge in [0.1, 0.15) is 5.82 Å². The van der Waals surface area contributed by atoms with E-state index in [0.29, 0.717) is 37.7 Å². The van der Waals surface area contributed by atoms with Crippen LogP contribution in [-0.2, 0) is 0 Å². The number of aromatic nitrogens is 4. The number of hydrogen-bond donors (Lipinski definition) is 1. The van der Waals surface area contributed by atoms with Gasteiger partial charge in [0.2, 0.25) is 0 Å². The zero-order valence-corrected chi connectivity index (χ0v) is 17.3. The van der Waals surface area contributed by atoms with E-state index >= 15 is 0 Å². The van der Waals surface area contributed by atoms with Crippen molar-refractivity contribution in [2.75, 3.05) is 36.4 Å². The van der Waals surface area contributed by atoms with Crippen LogP contribution in [0, 0.1) is 26.6 Å². The topological polar surface area (TPSA) is 79.2 Å². The Bertz CT molecular complexity index is 1060. The molecule has 1 aromatic carbocycles. The van der Waals surface area contributed by atoms with E-state index in [0.717, 1.165) is 22.8 Å². The Labute approximate surface area is 174 Å². The van der Waals surface area contributed by atoms with Crippen molar-refractivity contribution in [2.24, 2.45) is 0 Å². The maximum Gasteiger partial charge on any atom is 0.321 e. The number of amides is 2. The molecule has 0 atom stereocenters. The molecular formula is C21H24FN7O. The highest BCUT2D eigenvalue weighted by Gasteiger charge is 2.22. The number of benzene rings is 1. The average Bonchev–Trinajstić information content (AvgIpc) is 3.01. The van der Waals surface area contributed by atoms with Gasteiger partial charge in [-0.3, -0.25) is 0 Å². The zero-order chi connectivity index (χ0) is 21.3. The molecule has 1 aliphatic rings. The molecule has 0 bridgehead atoms. The third-order valence-corrected chi connectivity index (χ3v) is 5.47. The van der Waals surface area contributed by atoms with Crippen LogP contribution in [0.3, 0.4) is 0 Å². The van der Waals surface area contributed by atoms with Crippen molar-refractivity contribution in [3.05, 3.63) is 59.2 Å². The van der Waals surface area contributed by atoms with Gasteiger partial charge in [-0.05, 0) is 56.7 Å². The molecule has 2 aromatic heterocycles. The van der Waals surface area contributed by atoms with Crippen molar-refractivity contribution in [1.82, 2.24) is 24.9 Å². The number of carbonyl (C=O) groups excluding carboxylic acids is 1. The maximum atomic E-state index is 13.3. The first-order chi connectivity index (χ1) is 14.4. The van der Waals surface area contributed by atoms with Gasteiger partial charge in [-0.25, -0.2) is 13.9 Å². The van der Waals surface area contributed by atoms with Gasteiger partial charge in [-0.1, -0.05) is 6.07 Å². The summed E-state index contributed by atoms with van der Waals surface area (Å²) in [6.45, 7) is 8.40. The number of piperazine rings is 1. The second-order valence-corrected chi connectivity index (χ2v) is 7.37. The van der Waals surface area contributed by atoms with E-state index in [4.69, 9.17) is 0 Å². The molecule has 0 saturated carbocycles. The van der Waals surface area contributed by atoms with Crippen LogP contribution < -0.4 is 10.2 Å². The summed E-state index contributed by atoms with van der Waals surface area (Å²) in [5, 5.41) is 16.0. The van der Waals surface area contributed by atoms with Gasteiger partial charge >= 0.3 is 6.03 Å². The molecule has 0 unspecified atom stereocenters. The molecule has 1 saturated heterocycles. The summed E-state index contributed by atoms with van der Waals surface area (Å²) in [5.74, 6) is 1.07. The number of rotatable bonds is 3. The van der Waals surface area contributed by atoms with Gasteiger partial charge < -0.3 is 15.1 Å². The number of carbonyl (C=O) groups is 1. The normalized spacial score (nSPS) is 14.1. The van der Waals surface area contributed by atoms with Crippen molar-refractivity contribution in [3.8, 4) is 5.82 Å². The van der Waals surface area contributed by atoms with Crippen LogP contribution in [0.5, 0.6) is 0 Å². The summed E-state index contributed by atoms with van der Waals surface area (Å²) < 4.78 is 15.1. The molecule has 2 amide bonds. The summed E-state index contributed by atoms with van der Waals surface area (Å²) in [6, 6.07) is 9.48. The number of nitrogens with zero attached hydrogens (tertiary/aromatic N) is 6. The van der Waals surface area contributed by atoms with E-state index < -0.39 is 0 Å². The van der Waals surface area contributed by atoms with Gasteiger partial charge in [0.05, 0.1) is 5.69 Å². The third-order valence-electron chi connectivity index (χ3n) is 5.47. The number of urea groups is 1. The highest BCUT2D eigenvalue weighted by Crippen LogP contribution is 2.18. The van der Waals surface area contributed by atoms with Gasteiger partial charge in [-0.15, -0.1) is 10.2 Å². The van der Waals surface area contributed by atoms with Gasteiger partial charge in [0, 0.05) is 37.6 Å². The fraction of sp³-hybridized carbons (Fsp3) is 0.333. The molecule has 0 radical (unpaired) electrons. The summed E-state index contributed by atoms with van der Waals surface area (Å²) in [4.78, 5) is 16.2. The number of nitrogens with one attached hydrogen (secondary N) is 1. The lowest BCUT2D eigenvalue weighted by Gasteiger charge is -2.35. The second-order valence-electron chi connectivity index (χ2n) is 7.37. The first-order valence-corrected chi connectivity index (χ1v) is 9.86. The number of hydrogen-bond acceptors (Lipinski definition) is 5. The van der Waals surface area contributed by atoms with Crippen LogP contribution in [0.4, 0.5) is 20.7 Å². The highest BCUT2D eigenvalue weighted by molar-refractivity contribution is 5.89. The molecule has 3 heterocycles. The molecule has 0 spiro atoms. The lowest BCUT2D eigenvalue weighted by Crippen LogP contribution is -2.50. The van der Waals surface area contributed by atoms with Gasteiger partial charge in [0.15, 0.2) is 11.6 Å². The molecule has 1 N–H and O–H groups in total. The van der Waals surface area contributed by atoms with Crippen molar-refractivity contribution < 1.29 is 9.18 Å². The quantitative estimate of drug-likeness (QED) is 0.719. The second kappa shape index (κ2) is 8.10. The fourth-order valence-electron chi connectivity index (χ4n) is 3.45. The number of halogens is 1. The summed E-state index contributed by atoms with van der Waals surface area (Å²) in [5.41, 5.74) is 3.62. The van der Waals surface area contributed by atoms with E-state index in [1.165, 1.54) is 12.1 Å². The van der Waals surface area contributed by atoms with Gasteiger partial charge in [0.25, 0.3) is 0 Å². The van der Waals surface area contributed by atoms with Crippen LogP contribution in [0.1, 0.15) is 17.0 Å². The predicted molar refractivity (Wildman–Crippen MR) is 113 cm³/mol. The Morgan fingerprint density at radius 2 is 1.70 bits per heavy atom. The van der Waals surface area contributed by atoms with Crippen LogP contribution in [0.15, 0.2) is 36.4 Å². The largest absolute Gasteiger partial charge is 0.352 e. The summed E-state index contributed by atoms with van der Waals surface area (Å²) in [6.07, 6.45) is 0. The van der Waals surface area contributed by atoms with E-state index in [2.05, 4.69) is 25.5 Å². The van der Waals surface area contributed by atoms with Crippen molar-refractivity contribution in [1.29, 1.82) is 0 Å². The van der Waals surface area contributed by atoms with Gasteiger partial charge in [-0.2, -0.15) is 5.10 Å². The third kappa shape index (κ3) is 3.96. The number of aryl methyl sites for hydroxylation is 1. The summed E-state index contributed by atoms with van der Waals surface area (Å²) in [7, 11) is 0. The van der Waals surface area contributed by atoms with E-state index in [9.17, 15) is 9.18 Å². The highest BCUT2D eigenvalue weighted by atomic mass is 19.1. The van der Waals surface area contributed by atoms with Crippen molar-refractivity contribution >= 4 is 17.5 Å². The molecule has 1 aliphatic heterocycles. The monoisotopic (exact) mass is 409 g/mol. The van der Waals surface area contributed by atoms with Crippen molar-refractivity contribution in [2.45, 2.75) is 20.8 Å². The Morgan fingerprint density at radius 3 is 2.30 bits per heavy atom. The molecule has 156 valence electrons. The molecule has 1 fully saturated rings. The molecule has 30 heavy (non-hydrogen) atoms. The smallest absolute Gasteiger partial charge is 0.321 e. The molecule has 4 rings (SSSR count). The Kier molecular flexibility index (Phi) is 5.35. The van der Waals surface area contributed by atoms with Crippen LogP contribution in [-0.4, -0.2) is 57.1 Å². The Balaban J connectivity index is 1.37. The lowest BCUT2D eigenvalue weighted by molar-refractivity contribution is 0.208. The Hall–Kier alpha value is -3.49. The van der Waals surface area contributed by atoms with E-state index in [1.807, 2.05) is 32.9 Å². The number of anilines is 2. The zero-order valence-electron chi connectivity index (χ0n) is 17.3. The molecule has 8 nitrogen and oxygen atoms in total. The van der Waals surface area contributed by atoms with E-state index in [1.54, 1.807) is 21.7 Å². The minimum absolute atomic E-state index is 0.235. The first kappa shape index (κ1) is 19.8. The van der Waals surface area contributed by atoms with Crippen LogP contribution in [0.2, 0.25) is 0 Å². The average molecular weight is 409 g/mol.